The summed E-state index contributed by atoms with van der Waals surface area (Å²) in [7, 11) is 0. The van der Waals surface area contributed by atoms with E-state index in [0.29, 0.717) is 11.5 Å². The molecule has 0 aromatic heterocycles. The summed E-state index contributed by atoms with van der Waals surface area (Å²) in [4.78, 5) is 0. The molecule has 0 aliphatic carbocycles. The first-order valence-corrected chi connectivity index (χ1v) is 6.76. The fourth-order valence-corrected chi connectivity index (χ4v) is 2.27. The molecule has 2 aromatic carbocycles. The lowest BCUT2D eigenvalue weighted by atomic mass is 9.96. The average molecular weight is 275 g/mol. The lowest BCUT2D eigenvalue weighted by Gasteiger charge is -2.14. The van der Waals surface area contributed by atoms with Crippen LogP contribution in [0.5, 0.6) is 0 Å². The Hall–Kier alpha value is -1.74. The van der Waals surface area contributed by atoms with Crippen molar-refractivity contribution in [3.8, 4) is 0 Å². The minimum atomic E-state index is -0.608. The van der Waals surface area contributed by atoms with Crippen LogP contribution in [0.3, 0.4) is 0 Å². The van der Waals surface area contributed by atoms with E-state index in [1.807, 2.05) is 24.3 Å². The van der Waals surface area contributed by atoms with Crippen LogP contribution in [-0.4, -0.2) is 0 Å². The molecule has 0 saturated carbocycles. The summed E-state index contributed by atoms with van der Waals surface area (Å²) in [5.74, 6) is -0.612. The summed E-state index contributed by atoms with van der Waals surface area (Å²) >= 11 is 0. The Bertz CT molecular complexity index is 576. The number of rotatable bonds is 4. The second-order valence-electron chi connectivity index (χ2n) is 5.48. The van der Waals surface area contributed by atoms with Gasteiger partial charge in [0.15, 0.2) is 0 Å². The maximum Gasteiger partial charge on any atom is 0.131 e. The van der Waals surface area contributed by atoms with Gasteiger partial charge in [-0.05, 0) is 29.5 Å². The van der Waals surface area contributed by atoms with E-state index in [0.717, 1.165) is 18.1 Å². The van der Waals surface area contributed by atoms with Crippen molar-refractivity contribution >= 4 is 0 Å². The van der Waals surface area contributed by atoms with Crippen LogP contribution in [0.25, 0.3) is 0 Å². The predicted molar refractivity (Wildman–Crippen MR) is 77.4 cm³/mol. The highest BCUT2D eigenvalue weighted by Crippen LogP contribution is 2.23. The molecule has 0 aliphatic heterocycles. The maximum absolute atomic E-state index is 13.7. The Kier molecular flexibility index (Phi) is 4.50. The van der Waals surface area contributed by atoms with Crippen LogP contribution in [0.1, 0.15) is 36.6 Å². The highest BCUT2D eigenvalue weighted by molar-refractivity contribution is 5.34. The lowest BCUT2D eigenvalue weighted by molar-refractivity contribution is 0.566. The van der Waals surface area contributed by atoms with Crippen LogP contribution in [0.2, 0.25) is 0 Å². The van der Waals surface area contributed by atoms with Gasteiger partial charge in [-0.3, -0.25) is 0 Å². The highest BCUT2D eigenvalue weighted by atomic mass is 19.1. The fourth-order valence-electron chi connectivity index (χ4n) is 2.27. The molecule has 0 radical (unpaired) electrons. The Labute approximate surface area is 118 Å². The molecule has 0 bridgehead atoms. The zero-order valence-corrected chi connectivity index (χ0v) is 11.7. The average Bonchev–Trinajstić information content (AvgIpc) is 2.38. The standard InChI is InChI=1S/C17H19F2N/c1-11(2)9-12-3-5-13(6-4-12)17(20)15-8-7-14(18)10-16(15)19/h3-8,10-11,17H,9,20H2,1-2H3. The third kappa shape index (κ3) is 3.42. The zero-order chi connectivity index (χ0) is 14.7. The van der Waals surface area contributed by atoms with E-state index in [9.17, 15) is 8.78 Å². The molecule has 0 aliphatic rings. The smallest absolute Gasteiger partial charge is 0.131 e. The quantitative estimate of drug-likeness (QED) is 0.888. The number of halogens is 2. The number of hydrogen-bond donors (Lipinski definition) is 1. The molecule has 1 atom stereocenters. The predicted octanol–water partition coefficient (Wildman–Crippen LogP) is 4.21. The van der Waals surface area contributed by atoms with Crippen molar-refractivity contribution in [1.82, 2.24) is 0 Å². The molecule has 0 amide bonds. The van der Waals surface area contributed by atoms with Crippen molar-refractivity contribution in [1.29, 1.82) is 0 Å². The van der Waals surface area contributed by atoms with Gasteiger partial charge in [0.25, 0.3) is 0 Å². The van der Waals surface area contributed by atoms with Crippen LogP contribution in [0.4, 0.5) is 8.78 Å². The maximum atomic E-state index is 13.7. The van der Waals surface area contributed by atoms with Crippen molar-refractivity contribution in [2.24, 2.45) is 11.7 Å². The lowest BCUT2D eigenvalue weighted by Crippen LogP contribution is -2.13. The Balaban J connectivity index is 2.22. The molecule has 2 rings (SSSR count). The largest absolute Gasteiger partial charge is 0.320 e. The second-order valence-corrected chi connectivity index (χ2v) is 5.48. The van der Waals surface area contributed by atoms with Crippen molar-refractivity contribution in [2.45, 2.75) is 26.3 Å². The summed E-state index contributed by atoms with van der Waals surface area (Å²) in [6, 6.07) is 10.7. The van der Waals surface area contributed by atoms with Gasteiger partial charge in [-0.1, -0.05) is 44.2 Å². The monoisotopic (exact) mass is 275 g/mol. The van der Waals surface area contributed by atoms with Crippen LogP contribution >= 0.6 is 0 Å². The molecule has 2 N–H and O–H groups in total. The van der Waals surface area contributed by atoms with E-state index < -0.39 is 17.7 Å². The molecule has 1 unspecified atom stereocenters. The van der Waals surface area contributed by atoms with E-state index in [1.54, 1.807) is 0 Å². The summed E-state index contributed by atoms with van der Waals surface area (Å²) in [5, 5.41) is 0. The van der Waals surface area contributed by atoms with Gasteiger partial charge in [-0.25, -0.2) is 8.78 Å². The molecule has 20 heavy (non-hydrogen) atoms. The number of hydrogen-bond acceptors (Lipinski definition) is 1. The minimum absolute atomic E-state index is 0.308. The Morgan fingerprint density at radius 2 is 1.65 bits per heavy atom. The van der Waals surface area contributed by atoms with Crippen LogP contribution in [0, 0.1) is 17.6 Å². The molecule has 106 valence electrons. The fraction of sp³-hybridized carbons (Fsp3) is 0.294. The van der Waals surface area contributed by atoms with Crippen molar-refractivity contribution in [3.05, 3.63) is 70.8 Å². The summed E-state index contributed by atoms with van der Waals surface area (Å²) < 4.78 is 26.6. The van der Waals surface area contributed by atoms with Crippen molar-refractivity contribution in [3.63, 3.8) is 0 Å². The van der Waals surface area contributed by atoms with Gasteiger partial charge in [0, 0.05) is 11.6 Å². The van der Waals surface area contributed by atoms with Gasteiger partial charge in [-0.15, -0.1) is 0 Å². The topological polar surface area (TPSA) is 26.0 Å². The van der Waals surface area contributed by atoms with Gasteiger partial charge < -0.3 is 5.73 Å². The van der Waals surface area contributed by atoms with Crippen LogP contribution in [-0.2, 0) is 6.42 Å². The van der Waals surface area contributed by atoms with Gasteiger partial charge in [0.05, 0.1) is 6.04 Å². The highest BCUT2D eigenvalue weighted by Gasteiger charge is 2.14. The van der Waals surface area contributed by atoms with E-state index in [4.69, 9.17) is 5.73 Å². The van der Waals surface area contributed by atoms with Gasteiger partial charge in [0.1, 0.15) is 11.6 Å². The Morgan fingerprint density at radius 1 is 1.00 bits per heavy atom. The molecule has 3 heteroatoms. The van der Waals surface area contributed by atoms with Gasteiger partial charge in [0.2, 0.25) is 0 Å². The second kappa shape index (κ2) is 6.14. The van der Waals surface area contributed by atoms with Gasteiger partial charge in [-0.2, -0.15) is 0 Å². The molecule has 0 heterocycles. The van der Waals surface area contributed by atoms with E-state index >= 15 is 0 Å². The van der Waals surface area contributed by atoms with E-state index in [1.165, 1.54) is 17.7 Å². The van der Waals surface area contributed by atoms with Crippen LogP contribution < -0.4 is 5.73 Å². The van der Waals surface area contributed by atoms with Crippen molar-refractivity contribution < 1.29 is 8.78 Å². The van der Waals surface area contributed by atoms with E-state index in [-0.39, 0.29) is 0 Å². The summed E-state index contributed by atoms with van der Waals surface area (Å²) in [6.07, 6.45) is 1.00. The first-order valence-electron chi connectivity index (χ1n) is 6.76. The molecule has 0 saturated heterocycles. The molecule has 0 spiro atoms. The van der Waals surface area contributed by atoms with E-state index in [2.05, 4.69) is 13.8 Å². The number of nitrogens with two attached hydrogens (primary N) is 1. The molecular formula is C17H19F2N. The van der Waals surface area contributed by atoms with Gasteiger partial charge >= 0.3 is 0 Å². The SMILES string of the molecule is CC(C)Cc1ccc(C(N)c2ccc(F)cc2F)cc1. The molecular weight excluding hydrogens is 256 g/mol. The summed E-state index contributed by atoms with van der Waals surface area (Å²) in [6.45, 7) is 4.32. The molecule has 1 nitrogen and oxygen atoms in total. The number of benzene rings is 2. The first kappa shape index (κ1) is 14.7. The van der Waals surface area contributed by atoms with Crippen molar-refractivity contribution in [2.75, 3.05) is 0 Å². The third-order valence-corrected chi connectivity index (χ3v) is 3.28. The van der Waals surface area contributed by atoms with Crippen LogP contribution in [0.15, 0.2) is 42.5 Å². The molecule has 0 fully saturated rings. The zero-order valence-electron chi connectivity index (χ0n) is 11.7. The molecule has 2 aromatic rings. The Morgan fingerprint density at radius 3 is 2.20 bits per heavy atom. The normalized spacial score (nSPS) is 12.7. The first-order chi connectivity index (χ1) is 9.47. The summed E-state index contributed by atoms with van der Waals surface area (Å²) in [5.41, 5.74) is 8.42. The minimum Gasteiger partial charge on any atom is -0.320 e. The third-order valence-electron chi connectivity index (χ3n) is 3.28.